The van der Waals surface area contributed by atoms with E-state index in [1.54, 1.807) is 35.1 Å². The lowest BCUT2D eigenvalue weighted by Crippen LogP contribution is -2.55. The number of carbonyl (C=O) groups excluding carboxylic acids is 6. The van der Waals surface area contributed by atoms with E-state index in [4.69, 9.17) is 14.7 Å². The number of pyridine rings is 1. The largest absolute Gasteiger partial charge is 0.477 e. The molecule has 2 bridgehead atoms. The number of aliphatic imine (C=N–C) groups is 1. The number of piperazine rings is 1. The fourth-order valence-corrected chi connectivity index (χ4v) is 11.6. The van der Waals surface area contributed by atoms with E-state index >= 15 is 0 Å². The molecule has 370 valence electrons. The summed E-state index contributed by atoms with van der Waals surface area (Å²) >= 11 is 0. The Morgan fingerprint density at radius 2 is 1.62 bits per heavy atom. The lowest BCUT2D eigenvalue weighted by atomic mass is 10.0. The second kappa shape index (κ2) is 19.0. The predicted molar refractivity (Wildman–Crippen MR) is 264 cm³/mol. The SMILES string of the molecule is Cc1cc2cc(n1)-c1cnn(C)c1OCCC[C@@H](C)CN1/C(=N/C2=O)Nc2ccc(CN3CCC(N4CCN(C(=O)C5CCN(c6ccc7c(c6)C(=O)N(C6CCC(=O)NC6=O)C7=O)C5)CC4)CC3)cc21. The third-order valence-corrected chi connectivity index (χ3v) is 15.4. The molecule has 2 aromatic heterocycles. The van der Waals surface area contributed by atoms with Crippen LogP contribution >= 0.6 is 0 Å². The van der Waals surface area contributed by atoms with Gasteiger partial charge in [0.25, 0.3) is 17.7 Å². The van der Waals surface area contributed by atoms with Crippen LogP contribution in [0.5, 0.6) is 5.88 Å². The van der Waals surface area contributed by atoms with Gasteiger partial charge in [-0.3, -0.25) is 53.8 Å². The molecule has 19 nitrogen and oxygen atoms in total. The molecule has 71 heavy (non-hydrogen) atoms. The Bertz CT molecular complexity index is 2860. The monoisotopic (exact) mass is 964 g/mol. The van der Waals surface area contributed by atoms with Crippen LogP contribution in [0.2, 0.25) is 0 Å². The number of hydrogen-bond acceptors (Lipinski definition) is 14. The number of ether oxygens (including phenoxy) is 1. The van der Waals surface area contributed by atoms with Gasteiger partial charge in [-0.1, -0.05) is 13.0 Å². The number of rotatable bonds is 6. The van der Waals surface area contributed by atoms with Crippen molar-refractivity contribution < 1.29 is 33.5 Å². The van der Waals surface area contributed by atoms with Gasteiger partial charge in [0.05, 0.1) is 52.5 Å². The zero-order valence-electron chi connectivity index (χ0n) is 40.6. The number of benzene rings is 2. The predicted octanol–water partition coefficient (Wildman–Crippen LogP) is 4.06. The first-order valence-electron chi connectivity index (χ1n) is 25.2. The molecule has 0 aliphatic carbocycles. The van der Waals surface area contributed by atoms with Crippen molar-refractivity contribution in [1.29, 1.82) is 0 Å². The second-order valence-electron chi connectivity index (χ2n) is 20.3. The van der Waals surface area contributed by atoms with E-state index in [-0.39, 0.29) is 47.6 Å². The number of hydrogen-bond donors (Lipinski definition) is 2. The Balaban J connectivity index is 0.676. The van der Waals surface area contributed by atoms with E-state index < -0.39 is 29.7 Å². The van der Waals surface area contributed by atoms with Crippen molar-refractivity contribution >= 4 is 58.5 Å². The third kappa shape index (κ3) is 9.05. The molecule has 2 unspecified atom stereocenters. The molecule has 0 spiro atoms. The van der Waals surface area contributed by atoms with Crippen molar-refractivity contribution in [2.75, 3.05) is 80.6 Å². The van der Waals surface area contributed by atoms with Crippen molar-refractivity contribution in [3.05, 3.63) is 82.7 Å². The number of aromatic nitrogens is 3. The summed E-state index contributed by atoms with van der Waals surface area (Å²) in [6.07, 6.45) is 6.50. The van der Waals surface area contributed by atoms with Gasteiger partial charge in [0.15, 0.2) is 0 Å². The van der Waals surface area contributed by atoms with E-state index in [0.717, 1.165) is 85.9 Å². The van der Waals surface area contributed by atoms with Crippen LogP contribution in [0.15, 0.2) is 59.7 Å². The number of fused-ring (bicyclic) bond motifs is 8. The number of piperidine rings is 2. The normalized spacial score (nSPS) is 24.3. The van der Waals surface area contributed by atoms with Crippen LogP contribution in [-0.4, -0.2) is 153 Å². The third-order valence-electron chi connectivity index (χ3n) is 15.4. The Morgan fingerprint density at radius 1 is 0.817 bits per heavy atom. The van der Waals surface area contributed by atoms with E-state index in [9.17, 15) is 28.8 Å². The Morgan fingerprint density at radius 3 is 2.42 bits per heavy atom. The fraction of sp³-hybridized carbons (Fsp3) is 0.481. The molecule has 4 aromatic rings. The van der Waals surface area contributed by atoms with Gasteiger partial charge in [-0.2, -0.15) is 10.1 Å². The highest BCUT2D eigenvalue weighted by Crippen LogP contribution is 2.37. The summed E-state index contributed by atoms with van der Waals surface area (Å²) in [5, 5.41) is 10.1. The summed E-state index contributed by atoms with van der Waals surface area (Å²) in [7, 11) is 1.85. The molecule has 0 saturated carbocycles. The summed E-state index contributed by atoms with van der Waals surface area (Å²) in [4.78, 5) is 100. The number of guanidine groups is 1. The first-order valence-corrected chi connectivity index (χ1v) is 25.2. The molecule has 2 N–H and O–H groups in total. The minimum absolute atomic E-state index is 0.0658. The minimum Gasteiger partial charge on any atom is -0.477 e. The molecule has 4 saturated heterocycles. The molecule has 7 aliphatic rings. The quantitative estimate of drug-likeness (QED) is 0.263. The van der Waals surface area contributed by atoms with E-state index in [0.29, 0.717) is 80.6 Å². The molecule has 6 amide bonds. The highest BCUT2D eigenvalue weighted by atomic mass is 16.5. The van der Waals surface area contributed by atoms with Gasteiger partial charge in [0, 0.05) is 88.8 Å². The number of aryl methyl sites for hydroxylation is 2. The van der Waals surface area contributed by atoms with E-state index in [2.05, 4.69) is 60.5 Å². The topological polar surface area (TPSA) is 198 Å². The molecule has 19 heteroatoms. The number of amides is 6. The first-order chi connectivity index (χ1) is 34.3. The van der Waals surface area contributed by atoms with Crippen LogP contribution in [0.3, 0.4) is 0 Å². The Hall–Kier alpha value is -6.99. The minimum atomic E-state index is -1.01. The maximum absolute atomic E-state index is 13.9. The zero-order chi connectivity index (χ0) is 49.1. The fourth-order valence-electron chi connectivity index (χ4n) is 11.6. The highest BCUT2D eigenvalue weighted by Gasteiger charge is 2.45. The summed E-state index contributed by atoms with van der Waals surface area (Å²) < 4.78 is 7.97. The maximum Gasteiger partial charge on any atom is 0.280 e. The van der Waals surface area contributed by atoms with Gasteiger partial charge in [-0.25, -0.2) is 4.68 Å². The van der Waals surface area contributed by atoms with Crippen molar-refractivity contribution in [3.63, 3.8) is 0 Å². The van der Waals surface area contributed by atoms with Gasteiger partial charge in [-0.15, -0.1) is 0 Å². The van der Waals surface area contributed by atoms with Crippen molar-refractivity contribution in [1.82, 2.24) is 39.7 Å². The number of nitrogens with one attached hydrogen (secondary N) is 2. The number of carbonyl (C=O) groups is 6. The molecular formula is C52H60N12O7. The average molecular weight is 965 g/mol. The van der Waals surface area contributed by atoms with Crippen LogP contribution in [0.25, 0.3) is 11.3 Å². The lowest BCUT2D eigenvalue weighted by Gasteiger charge is -2.43. The lowest BCUT2D eigenvalue weighted by molar-refractivity contribution is -0.137. The molecule has 9 heterocycles. The number of likely N-dealkylation sites (tertiary alicyclic amines) is 1. The van der Waals surface area contributed by atoms with Crippen molar-refractivity contribution in [3.8, 4) is 17.1 Å². The van der Waals surface area contributed by atoms with Crippen molar-refractivity contribution in [2.45, 2.75) is 77.4 Å². The van der Waals surface area contributed by atoms with Crippen LogP contribution in [-0.2, 0) is 28.0 Å². The highest BCUT2D eigenvalue weighted by molar-refractivity contribution is 6.24. The molecular weight excluding hydrogens is 905 g/mol. The molecule has 2 aromatic carbocycles. The van der Waals surface area contributed by atoms with Crippen LogP contribution < -0.4 is 25.2 Å². The summed E-state index contributed by atoms with van der Waals surface area (Å²) in [6.45, 7) is 12.4. The van der Waals surface area contributed by atoms with Gasteiger partial charge in [0.2, 0.25) is 29.6 Å². The van der Waals surface area contributed by atoms with E-state index in [1.165, 1.54) is 5.56 Å². The summed E-state index contributed by atoms with van der Waals surface area (Å²) in [5.74, 6) is -1.00. The van der Waals surface area contributed by atoms with Gasteiger partial charge < -0.3 is 24.8 Å². The summed E-state index contributed by atoms with van der Waals surface area (Å²) in [5.41, 5.74) is 6.94. The van der Waals surface area contributed by atoms with Gasteiger partial charge in [-0.05, 0) is 112 Å². The van der Waals surface area contributed by atoms with Gasteiger partial charge in [0.1, 0.15) is 6.04 Å². The Kier molecular flexibility index (Phi) is 12.4. The average Bonchev–Trinajstić information content (AvgIpc) is 4.14. The van der Waals surface area contributed by atoms with E-state index in [1.807, 2.05) is 24.9 Å². The molecule has 11 rings (SSSR count). The maximum atomic E-state index is 13.9. The summed E-state index contributed by atoms with van der Waals surface area (Å²) in [6, 6.07) is 14.7. The van der Waals surface area contributed by atoms with Crippen molar-refractivity contribution in [2.24, 2.45) is 23.9 Å². The first kappa shape index (κ1) is 46.4. The molecule has 7 aliphatic heterocycles. The smallest absolute Gasteiger partial charge is 0.280 e. The van der Waals surface area contributed by atoms with Gasteiger partial charge >= 0.3 is 0 Å². The Labute approximate surface area is 412 Å². The standard InChI is InChI=1S/C52H60N12O7/c1-31-5-4-22-71-51-40(27-53-58(51)3)42-25-35(23-32(2)54-42)46(66)57-52-55-41-9-6-33(24-44(41)63(52)28-31)29-59-15-13-36(14-16-59)60-18-20-61(21-19-60)48(68)34-12-17-62(30-34)37-7-8-38-39(26-37)50(70)64(49(38)69)43-10-11-45(65)56-47(43)67/h6-9,23-27,31,34,36,43H,4-5,10-22,28-30H2,1-3H3,(H,55,57,66)(H,56,65,67)/t31-,34?,43?/m1/s1. The van der Waals surface area contributed by atoms with Crippen LogP contribution in [0.1, 0.15) is 94.2 Å². The molecule has 0 radical (unpaired) electrons. The number of anilines is 3. The van der Waals surface area contributed by atoms with Crippen LogP contribution in [0.4, 0.5) is 17.1 Å². The molecule has 3 atom stereocenters. The number of nitrogens with zero attached hydrogens (tertiary/aromatic N) is 10. The zero-order valence-corrected chi connectivity index (χ0v) is 40.6. The van der Waals surface area contributed by atoms with Crippen LogP contribution in [0, 0.1) is 18.8 Å². The second-order valence-corrected chi connectivity index (χ2v) is 20.3. The number of imide groups is 2. The molecule has 4 fully saturated rings.